The normalized spacial score (nSPS) is 18.7. The number of nitrogens with zero attached hydrogens (tertiary/aromatic N) is 3. The van der Waals surface area contributed by atoms with E-state index in [0.717, 1.165) is 27.5 Å². The van der Waals surface area contributed by atoms with E-state index in [1.807, 2.05) is 24.3 Å². The summed E-state index contributed by atoms with van der Waals surface area (Å²) in [5.74, 6) is 1.43. The number of methoxy groups -OCH3 is 2. The Hall–Kier alpha value is -2.62. The SMILES string of the molecule is COCCN(N1CC(c2ccc(C3CC3)cc2)N(CCc2ccc(OC)cc2)C1=O)S(C)(=O)=O. The molecule has 184 valence electrons. The summed E-state index contributed by atoms with van der Waals surface area (Å²) in [6.45, 7) is 1.02. The number of amides is 2. The minimum atomic E-state index is -3.65. The highest BCUT2D eigenvalue weighted by atomic mass is 32.2. The molecule has 2 fully saturated rings. The quantitative estimate of drug-likeness (QED) is 0.485. The van der Waals surface area contributed by atoms with Crippen LogP contribution in [-0.4, -0.2) is 75.5 Å². The molecule has 2 aromatic rings. The van der Waals surface area contributed by atoms with Crippen molar-refractivity contribution in [3.8, 4) is 5.75 Å². The van der Waals surface area contributed by atoms with Crippen molar-refractivity contribution < 1.29 is 22.7 Å². The first-order chi connectivity index (χ1) is 16.3. The Morgan fingerprint density at radius 3 is 2.21 bits per heavy atom. The third-order valence-corrected chi connectivity index (χ3v) is 7.64. The van der Waals surface area contributed by atoms with E-state index in [1.165, 1.54) is 30.5 Å². The molecule has 0 radical (unpaired) electrons. The average Bonchev–Trinajstić information content (AvgIpc) is 3.63. The Balaban J connectivity index is 1.58. The number of hydrogen-bond donors (Lipinski definition) is 0. The van der Waals surface area contributed by atoms with E-state index in [4.69, 9.17) is 9.47 Å². The highest BCUT2D eigenvalue weighted by Gasteiger charge is 2.43. The summed E-state index contributed by atoms with van der Waals surface area (Å²) in [4.78, 5) is 15.3. The van der Waals surface area contributed by atoms with E-state index in [0.29, 0.717) is 18.9 Å². The van der Waals surface area contributed by atoms with Crippen molar-refractivity contribution >= 4 is 16.1 Å². The standard InChI is InChI=1S/C25H33N3O5S/c1-32-17-16-28(34(3,30)31)27-18-24(22-10-8-21(9-11-22)20-6-7-20)26(25(27)29)15-14-19-4-12-23(33-2)13-5-19/h4-5,8-13,20,24H,6-7,14-18H2,1-3H3. The van der Waals surface area contributed by atoms with Crippen LogP contribution in [0.1, 0.15) is 41.5 Å². The van der Waals surface area contributed by atoms with Crippen LogP contribution in [0.4, 0.5) is 4.79 Å². The summed E-state index contributed by atoms with van der Waals surface area (Å²) >= 11 is 0. The van der Waals surface area contributed by atoms with Crippen LogP contribution in [0, 0.1) is 0 Å². The lowest BCUT2D eigenvalue weighted by Gasteiger charge is -2.29. The topological polar surface area (TPSA) is 79.4 Å². The lowest BCUT2D eigenvalue weighted by atomic mass is 10.0. The van der Waals surface area contributed by atoms with Gasteiger partial charge >= 0.3 is 6.03 Å². The van der Waals surface area contributed by atoms with Gasteiger partial charge in [-0.3, -0.25) is 0 Å². The summed E-state index contributed by atoms with van der Waals surface area (Å²) < 4.78 is 36.5. The van der Waals surface area contributed by atoms with Crippen LogP contribution < -0.4 is 4.74 Å². The average molecular weight is 488 g/mol. The van der Waals surface area contributed by atoms with Crippen LogP contribution in [-0.2, 0) is 21.2 Å². The fraction of sp³-hybridized carbons (Fsp3) is 0.480. The van der Waals surface area contributed by atoms with Gasteiger partial charge in [0.25, 0.3) is 0 Å². The summed E-state index contributed by atoms with van der Waals surface area (Å²) in [6.07, 6.45) is 4.23. The maximum atomic E-state index is 13.5. The summed E-state index contributed by atoms with van der Waals surface area (Å²) in [7, 11) is -0.510. The lowest BCUT2D eigenvalue weighted by molar-refractivity contribution is 0.0789. The van der Waals surface area contributed by atoms with Gasteiger partial charge in [-0.2, -0.15) is 0 Å². The lowest BCUT2D eigenvalue weighted by Crippen LogP contribution is -2.49. The molecule has 2 amide bonds. The minimum Gasteiger partial charge on any atom is -0.497 e. The van der Waals surface area contributed by atoms with Crippen LogP contribution in [0.3, 0.4) is 0 Å². The van der Waals surface area contributed by atoms with Gasteiger partial charge in [-0.25, -0.2) is 18.2 Å². The van der Waals surface area contributed by atoms with Gasteiger partial charge in [0.05, 0.1) is 39.1 Å². The third kappa shape index (κ3) is 5.54. The van der Waals surface area contributed by atoms with Gasteiger partial charge in [0.2, 0.25) is 10.0 Å². The highest BCUT2D eigenvalue weighted by molar-refractivity contribution is 7.88. The Morgan fingerprint density at radius 1 is 1.00 bits per heavy atom. The third-order valence-electron chi connectivity index (χ3n) is 6.50. The largest absolute Gasteiger partial charge is 0.497 e. The van der Waals surface area contributed by atoms with Crippen molar-refractivity contribution in [2.75, 3.05) is 46.7 Å². The van der Waals surface area contributed by atoms with E-state index in [9.17, 15) is 13.2 Å². The van der Waals surface area contributed by atoms with Crippen molar-refractivity contribution in [3.05, 3.63) is 65.2 Å². The minimum absolute atomic E-state index is 0.0841. The molecule has 4 rings (SSSR count). The molecule has 1 aliphatic heterocycles. The van der Waals surface area contributed by atoms with Crippen molar-refractivity contribution in [3.63, 3.8) is 0 Å². The van der Waals surface area contributed by atoms with Crippen molar-refractivity contribution in [2.24, 2.45) is 0 Å². The van der Waals surface area contributed by atoms with E-state index in [2.05, 4.69) is 24.3 Å². The molecule has 0 N–H and O–H groups in total. The first-order valence-electron chi connectivity index (χ1n) is 11.6. The summed E-state index contributed by atoms with van der Waals surface area (Å²) in [6, 6.07) is 15.6. The Kier molecular flexibility index (Phi) is 7.45. The number of carbonyl (C=O) groups excluding carboxylic acids is 1. The van der Waals surface area contributed by atoms with Gasteiger partial charge in [0.15, 0.2) is 0 Å². The molecule has 2 aromatic carbocycles. The molecule has 1 unspecified atom stereocenters. The molecular formula is C25H33N3O5S. The van der Waals surface area contributed by atoms with Gasteiger partial charge in [-0.15, -0.1) is 4.41 Å². The Labute approximate surface area is 202 Å². The highest BCUT2D eigenvalue weighted by Crippen LogP contribution is 2.41. The van der Waals surface area contributed by atoms with Gasteiger partial charge in [-0.1, -0.05) is 36.4 Å². The number of sulfonamides is 1. The smallest absolute Gasteiger partial charge is 0.336 e. The second-order valence-electron chi connectivity index (χ2n) is 8.91. The molecule has 1 atom stereocenters. The van der Waals surface area contributed by atoms with Crippen LogP contribution in [0.15, 0.2) is 48.5 Å². The van der Waals surface area contributed by atoms with Crippen molar-refractivity contribution in [1.82, 2.24) is 14.3 Å². The summed E-state index contributed by atoms with van der Waals surface area (Å²) in [5, 5.41) is 1.35. The molecule has 9 heteroatoms. The number of benzene rings is 2. The second kappa shape index (κ2) is 10.3. The van der Waals surface area contributed by atoms with Crippen LogP contribution in [0.5, 0.6) is 5.75 Å². The maximum Gasteiger partial charge on any atom is 0.336 e. The zero-order valence-electron chi connectivity index (χ0n) is 20.0. The van der Waals surface area contributed by atoms with Crippen LogP contribution in [0.25, 0.3) is 0 Å². The van der Waals surface area contributed by atoms with E-state index >= 15 is 0 Å². The van der Waals surface area contributed by atoms with Gasteiger partial charge < -0.3 is 14.4 Å². The number of ether oxygens (including phenoxy) is 2. The first kappa shape index (κ1) is 24.5. The number of hydrazine groups is 1. The fourth-order valence-electron chi connectivity index (χ4n) is 4.43. The summed E-state index contributed by atoms with van der Waals surface area (Å²) in [5.41, 5.74) is 3.41. The molecule has 1 saturated carbocycles. The molecule has 0 bridgehead atoms. The van der Waals surface area contributed by atoms with E-state index in [1.54, 1.807) is 12.0 Å². The molecule has 0 aromatic heterocycles. The predicted octanol–water partition coefficient (Wildman–Crippen LogP) is 3.42. The fourth-order valence-corrected chi connectivity index (χ4v) is 5.33. The molecule has 1 saturated heterocycles. The number of urea groups is 1. The van der Waals surface area contributed by atoms with Crippen molar-refractivity contribution in [2.45, 2.75) is 31.2 Å². The van der Waals surface area contributed by atoms with E-state index in [-0.39, 0.29) is 31.8 Å². The Morgan fingerprint density at radius 2 is 1.65 bits per heavy atom. The molecule has 0 spiro atoms. The number of hydrogen-bond acceptors (Lipinski definition) is 5. The number of rotatable bonds is 11. The second-order valence-corrected chi connectivity index (χ2v) is 10.8. The molecule has 8 nitrogen and oxygen atoms in total. The number of carbonyl (C=O) groups is 1. The zero-order valence-corrected chi connectivity index (χ0v) is 20.8. The molecule has 2 aliphatic rings. The molecule has 34 heavy (non-hydrogen) atoms. The van der Waals surface area contributed by atoms with Gasteiger partial charge in [-0.05, 0) is 54.0 Å². The maximum absolute atomic E-state index is 13.5. The van der Waals surface area contributed by atoms with Crippen LogP contribution >= 0.6 is 0 Å². The van der Waals surface area contributed by atoms with Gasteiger partial charge in [0.1, 0.15) is 5.75 Å². The Bertz CT molecular complexity index is 1080. The van der Waals surface area contributed by atoms with Crippen molar-refractivity contribution in [1.29, 1.82) is 0 Å². The van der Waals surface area contributed by atoms with E-state index < -0.39 is 10.0 Å². The molecule has 1 aliphatic carbocycles. The predicted molar refractivity (Wildman–Crippen MR) is 130 cm³/mol. The molecule has 1 heterocycles. The zero-order chi connectivity index (χ0) is 24.3. The molecular weight excluding hydrogens is 454 g/mol. The monoisotopic (exact) mass is 487 g/mol. The van der Waals surface area contributed by atoms with Crippen LogP contribution in [0.2, 0.25) is 0 Å². The first-order valence-corrected chi connectivity index (χ1v) is 13.4. The van der Waals surface area contributed by atoms with Gasteiger partial charge in [0, 0.05) is 13.7 Å².